The van der Waals surface area contributed by atoms with E-state index in [1.807, 2.05) is 60.7 Å². The molecule has 0 aliphatic carbocycles. The topological polar surface area (TPSA) is 93.1 Å². The quantitative estimate of drug-likeness (QED) is 0.443. The van der Waals surface area contributed by atoms with Crippen molar-refractivity contribution < 1.29 is 9.53 Å². The van der Waals surface area contributed by atoms with Gasteiger partial charge in [-0.25, -0.2) is 14.5 Å². The minimum absolute atomic E-state index is 0.159. The summed E-state index contributed by atoms with van der Waals surface area (Å²) in [6.07, 6.45) is 0.608. The van der Waals surface area contributed by atoms with Gasteiger partial charge < -0.3 is 9.72 Å². The Morgan fingerprint density at radius 2 is 1.82 bits per heavy atom. The zero-order chi connectivity index (χ0) is 23.7. The smallest absolute Gasteiger partial charge is 0.358 e. The fraction of sp³-hybridized carbons (Fsp3) is 0.200. The number of aromatic nitrogens is 4. The first-order valence-electron chi connectivity index (χ1n) is 10.9. The molecule has 0 atom stereocenters. The Morgan fingerprint density at radius 1 is 1.12 bits per heavy atom. The SMILES string of the molecule is COC(=O)c1nn(-c2ccccc2)c(Cl)c1CN1CCc2nc(-c3ccccc3)[nH]c(=O)c2C1. The molecule has 0 amide bonds. The maximum Gasteiger partial charge on any atom is 0.358 e. The van der Waals surface area contributed by atoms with E-state index in [1.54, 1.807) is 0 Å². The van der Waals surface area contributed by atoms with Crippen LogP contribution in [0.25, 0.3) is 17.1 Å². The van der Waals surface area contributed by atoms with Crippen molar-refractivity contribution in [2.75, 3.05) is 13.7 Å². The highest BCUT2D eigenvalue weighted by atomic mass is 35.5. The van der Waals surface area contributed by atoms with Gasteiger partial charge in [0.2, 0.25) is 0 Å². The molecule has 4 aromatic rings. The van der Waals surface area contributed by atoms with Crippen LogP contribution in [0.1, 0.15) is 27.3 Å². The Morgan fingerprint density at radius 3 is 2.53 bits per heavy atom. The highest BCUT2D eigenvalue weighted by molar-refractivity contribution is 6.31. The fourth-order valence-electron chi connectivity index (χ4n) is 4.14. The first-order valence-corrected chi connectivity index (χ1v) is 11.2. The minimum atomic E-state index is -0.559. The lowest BCUT2D eigenvalue weighted by atomic mass is 10.1. The Kier molecular flexibility index (Phi) is 6.00. The highest BCUT2D eigenvalue weighted by Crippen LogP contribution is 2.28. The monoisotopic (exact) mass is 475 g/mol. The second-order valence-corrected chi connectivity index (χ2v) is 8.38. The third kappa shape index (κ3) is 4.13. The first kappa shape index (κ1) is 22.1. The van der Waals surface area contributed by atoms with Gasteiger partial charge in [-0.3, -0.25) is 9.69 Å². The summed E-state index contributed by atoms with van der Waals surface area (Å²) in [5.74, 6) is 0.00830. The van der Waals surface area contributed by atoms with E-state index in [1.165, 1.54) is 11.8 Å². The molecule has 9 heteroatoms. The van der Waals surface area contributed by atoms with Crippen LogP contribution in [0.15, 0.2) is 65.5 Å². The van der Waals surface area contributed by atoms with E-state index < -0.39 is 5.97 Å². The molecule has 1 N–H and O–H groups in total. The summed E-state index contributed by atoms with van der Waals surface area (Å²) in [7, 11) is 1.31. The second kappa shape index (κ2) is 9.24. The van der Waals surface area contributed by atoms with Crippen LogP contribution in [0.5, 0.6) is 0 Å². The molecule has 0 radical (unpaired) electrons. The number of H-pyrrole nitrogens is 1. The van der Waals surface area contributed by atoms with Crippen LogP contribution in [0.2, 0.25) is 5.15 Å². The first-order chi connectivity index (χ1) is 16.5. The molecule has 34 heavy (non-hydrogen) atoms. The van der Waals surface area contributed by atoms with E-state index in [2.05, 4.69) is 15.0 Å². The van der Waals surface area contributed by atoms with Gasteiger partial charge in [0.1, 0.15) is 11.0 Å². The predicted octanol–water partition coefficient (Wildman–Crippen LogP) is 3.62. The lowest BCUT2D eigenvalue weighted by Gasteiger charge is -2.27. The van der Waals surface area contributed by atoms with E-state index in [0.717, 1.165) is 16.9 Å². The number of carbonyl (C=O) groups is 1. The molecule has 2 aromatic heterocycles. The summed E-state index contributed by atoms with van der Waals surface area (Å²) in [5.41, 5.74) is 3.58. The fourth-order valence-corrected chi connectivity index (χ4v) is 4.43. The van der Waals surface area contributed by atoms with Gasteiger partial charge in [0, 0.05) is 37.2 Å². The Labute approximate surface area is 200 Å². The summed E-state index contributed by atoms with van der Waals surface area (Å²) < 4.78 is 6.47. The lowest BCUT2D eigenvalue weighted by Crippen LogP contribution is -2.35. The van der Waals surface area contributed by atoms with Gasteiger partial charge in [-0.15, -0.1) is 0 Å². The molecule has 8 nitrogen and oxygen atoms in total. The Bertz CT molecular complexity index is 1400. The number of benzene rings is 2. The van der Waals surface area contributed by atoms with Crippen molar-refractivity contribution in [3.8, 4) is 17.1 Å². The van der Waals surface area contributed by atoms with Gasteiger partial charge in [0.15, 0.2) is 5.69 Å². The predicted molar refractivity (Wildman–Crippen MR) is 128 cm³/mol. The van der Waals surface area contributed by atoms with Crippen molar-refractivity contribution in [1.29, 1.82) is 0 Å². The number of nitrogens with one attached hydrogen (secondary N) is 1. The number of methoxy groups -OCH3 is 1. The van der Waals surface area contributed by atoms with Crippen molar-refractivity contribution in [3.63, 3.8) is 0 Å². The molecule has 1 aliphatic rings. The maximum atomic E-state index is 12.9. The van der Waals surface area contributed by atoms with Crippen LogP contribution >= 0.6 is 11.6 Å². The number of aromatic amines is 1. The molecular formula is C25H22ClN5O3. The zero-order valence-electron chi connectivity index (χ0n) is 18.5. The molecule has 172 valence electrons. The van der Waals surface area contributed by atoms with Crippen LogP contribution in [0, 0.1) is 0 Å². The van der Waals surface area contributed by atoms with E-state index in [9.17, 15) is 9.59 Å². The number of carbonyl (C=O) groups excluding carboxylic acids is 1. The van der Waals surface area contributed by atoms with E-state index >= 15 is 0 Å². The number of fused-ring (bicyclic) bond motifs is 1. The number of hydrogen-bond donors (Lipinski definition) is 1. The summed E-state index contributed by atoms with van der Waals surface area (Å²) in [4.78, 5) is 35.0. The van der Waals surface area contributed by atoms with E-state index in [0.29, 0.717) is 48.2 Å². The molecule has 0 unspecified atom stereocenters. The molecule has 0 fully saturated rings. The molecule has 2 aromatic carbocycles. The van der Waals surface area contributed by atoms with Crippen molar-refractivity contribution >= 4 is 17.6 Å². The molecule has 5 rings (SSSR count). The number of hydrogen-bond acceptors (Lipinski definition) is 6. The summed E-state index contributed by atoms with van der Waals surface area (Å²) >= 11 is 6.69. The van der Waals surface area contributed by atoms with Crippen LogP contribution < -0.4 is 5.56 Å². The van der Waals surface area contributed by atoms with Crippen molar-refractivity contribution in [2.45, 2.75) is 19.5 Å². The van der Waals surface area contributed by atoms with E-state index in [-0.39, 0.29) is 11.3 Å². The number of ether oxygens (including phenoxy) is 1. The molecule has 0 saturated heterocycles. The van der Waals surface area contributed by atoms with Gasteiger partial charge in [-0.05, 0) is 12.1 Å². The number of para-hydroxylation sites is 1. The minimum Gasteiger partial charge on any atom is -0.464 e. The van der Waals surface area contributed by atoms with Crippen LogP contribution in [-0.4, -0.2) is 44.3 Å². The van der Waals surface area contributed by atoms with Gasteiger partial charge in [-0.2, -0.15) is 5.10 Å². The summed E-state index contributed by atoms with van der Waals surface area (Å²) in [5, 5.41) is 4.76. The third-order valence-corrected chi connectivity index (χ3v) is 6.27. The van der Waals surface area contributed by atoms with Crippen molar-refractivity contribution in [3.05, 3.63) is 98.7 Å². The van der Waals surface area contributed by atoms with Gasteiger partial charge in [-0.1, -0.05) is 60.1 Å². The van der Waals surface area contributed by atoms with Crippen LogP contribution in [0.4, 0.5) is 0 Å². The van der Waals surface area contributed by atoms with Crippen molar-refractivity contribution in [1.82, 2.24) is 24.6 Å². The number of halogens is 1. The lowest BCUT2D eigenvalue weighted by molar-refractivity contribution is 0.0591. The van der Waals surface area contributed by atoms with E-state index in [4.69, 9.17) is 21.3 Å². The summed E-state index contributed by atoms with van der Waals surface area (Å²) in [6, 6.07) is 18.9. The maximum absolute atomic E-state index is 12.9. The molecule has 0 saturated carbocycles. The Hall–Kier alpha value is -3.75. The summed E-state index contributed by atoms with van der Waals surface area (Å²) in [6.45, 7) is 1.39. The molecular weight excluding hydrogens is 454 g/mol. The normalized spacial score (nSPS) is 13.5. The second-order valence-electron chi connectivity index (χ2n) is 8.02. The molecule has 1 aliphatic heterocycles. The average Bonchev–Trinajstić information content (AvgIpc) is 3.20. The highest BCUT2D eigenvalue weighted by Gasteiger charge is 2.28. The number of nitrogens with zero attached hydrogens (tertiary/aromatic N) is 4. The number of esters is 1. The number of rotatable bonds is 5. The third-order valence-electron chi connectivity index (χ3n) is 5.88. The van der Waals surface area contributed by atoms with Crippen LogP contribution in [0.3, 0.4) is 0 Å². The van der Waals surface area contributed by atoms with Crippen molar-refractivity contribution in [2.24, 2.45) is 0 Å². The van der Waals surface area contributed by atoms with Crippen LogP contribution in [-0.2, 0) is 24.2 Å². The van der Waals surface area contributed by atoms with Gasteiger partial charge >= 0.3 is 5.97 Å². The Balaban J connectivity index is 1.45. The standard InChI is InChI=1S/C25H22ClN5O3/c1-34-25(33)21-19(22(26)31(29-21)17-10-6-3-7-11-17)15-30-13-12-20-18(14-30)24(32)28-23(27-20)16-8-4-2-5-9-16/h2-11H,12-15H2,1H3,(H,27,28,32). The molecule has 0 bridgehead atoms. The molecule has 3 heterocycles. The average molecular weight is 476 g/mol. The van der Waals surface area contributed by atoms with Gasteiger partial charge in [0.25, 0.3) is 5.56 Å². The van der Waals surface area contributed by atoms with Gasteiger partial charge in [0.05, 0.1) is 24.1 Å². The zero-order valence-corrected chi connectivity index (χ0v) is 19.2. The largest absolute Gasteiger partial charge is 0.464 e. The molecule has 0 spiro atoms.